The Kier molecular flexibility index (Phi) is 35.8. The molecule has 0 saturated heterocycles. The number of nitrogens with one attached hydrogen (secondary N) is 1. The van der Waals surface area contributed by atoms with Crippen LogP contribution in [0.25, 0.3) is 0 Å². The van der Waals surface area contributed by atoms with E-state index in [-0.39, 0.29) is 85.1 Å². The Hall–Kier alpha value is 0.200. The van der Waals surface area contributed by atoms with Gasteiger partial charge in [-0.05, 0) is 64.7 Å². The van der Waals surface area contributed by atoms with E-state index in [0.717, 1.165) is 38.5 Å². The Morgan fingerprint density at radius 2 is 1.24 bits per heavy atom. The minimum atomic E-state index is -1.63. The second-order valence-electron chi connectivity index (χ2n) is 7.98. The third kappa shape index (κ3) is 30.2. The topological polar surface area (TPSA) is 130 Å². The fourth-order valence-corrected chi connectivity index (χ4v) is 3.06. The predicted octanol–water partition coefficient (Wildman–Crippen LogP) is -3.95. The largest absolute Gasteiger partial charge is 1.00 e. The Morgan fingerprint density at radius 3 is 1.68 bits per heavy atom. The van der Waals surface area contributed by atoms with Crippen molar-refractivity contribution in [3.63, 3.8) is 0 Å². The first-order chi connectivity index (χ1) is 14.8. The number of carboxylic acid groups (broad SMARTS) is 2. The van der Waals surface area contributed by atoms with E-state index in [0.29, 0.717) is 12.8 Å². The van der Waals surface area contributed by atoms with Gasteiger partial charge in [0.2, 0.25) is 5.91 Å². The van der Waals surface area contributed by atoms with E-state index >= 15 is 0 Å². The van der Waals surface area contributed by atoms with Gasteiger partial charge in [-0.1, -0.05) is 43.6 Å². The molecule has 0 aliphatic carbocycles. The van der Waals surface area contributed by atoms with Crippen LogP contribution < -0.4 is 74.6 Å². The molecule has 10 heteroatoms. The zero-order valence-corrected chi connectivity index (χ0v) is 26.4. The molecule has 0 bridgehead atoms. The van der Waals surface area contributed by atoms with Gasteiger partial charge in [0.1, 0.15) is 0 Å². The summed E-state index contributed by atoms with van der Waals surface area (Å²) in [4.78, 5) is 32.9. The molecule has 0 aliphatic rings. The summed E-state index contributed by atoms with van der Waals surface area (Å²) in [6.45, 7) is 1.82. The fraction of sp³-hybridized carbons (Fsp3) is 0.708. The number of carbonyl (C=O) groups excluding carboxylic acids is 3. The zero-order chi connectivity index (χ0) is 23.3. The van der Waals surface area contributed by atoms with Crippen LogP contribution in [0, 0.1) is 0 Å². The summed E-state index contributed by atoms with van der Waals surface area (Å²) in [5.41, 5.74) is 0. The standard InChI is InChI=1S/C24H41NO6.2Na.H2S/c1-20(26)17-15-13-11-9-7-5-3-2-4-6-8-10-12-14-16-18-22(27)25-21(24(30)31)19-23(28)29;;;/h9-12,20-21,26H,2-8,13-19H2,1H3,(H,25,27)(H,28,29)(H,30,31);;;1H2/q;2*+1;/p-2/b11-9-,12-10-;;;/t20-,21-;;;/m0.../s1. The second kappa shape index (κ2) is 29.4. The first kappa shape index (κ1) is 41.3. The summed E-state index contributed by atoms with van der Waals surface area (Å²) in [5, 5.41) is 32.6. The van der Waals surface area contributed by atoms with Gasteiger partial charge < -0.3 is 30.2 Å². The van der Waals surface area contributed by atoms with Gasteiger partial charge in [0.15, 0.2) is 0 Å². The van der Waals surface area contributed by atoms with Crippen LogP contribution in [-0.2, 0) is 14.4 Å². The van der Waals surface area contributed by atoms with Crippen LogP contribution >= 0.6 is 13.5 Å². The minimum Gasteiger partial charge on any atom is -0.550 e. The molecule has 2 atom stereocenters. The number of unbranched alkanes of at least 4 members (excludes halogenated alkanes) is 8. The number of carboxylic acids is 2. The van der Waals surface area contributed by atoms with Gasteiger partial charge in [-0.2, -0.15) is 13.5 Å². The Balaban J connectivity index is -0.00000150. The molecule has 0 aliphatic heterocycles. The number of aliphatic hydroxyl groups excluding tert-OH is 1. The van der Waals surface area contributed by atoms with Crippen molar-refractivity contribution in [2.75, 3.05) is 0 Å². The summed E-state index contributed by atoms with van der Waals surface area (Å²) in [6, 6.07) is -1.55. The van der Waals surface area contributed by atoms with Crippen molar-refractivity contribution in [3.05, 3.63) is 24.3 Å². The van der Waals surface area contributed by atoms with Crippen LogP contribution in [-0.4, -0.2) is 35.1 Å². The Labute approximate surface area is 256 Å². The molecule has 0 fully saturated rings. The maximum absolute atomic E-state index is 11.7. The number of hydrogen-bond donors (Lipinski definition) is 2. The van der Waals surface area contributed by atoms with Gasteiger partial charge in [0.25, 0.3) is 0 Å². The van der Waals surface area contributed by atoms with Crippen LogP contribution in [0.3, 0.4) is 0 Å². The van der Waals surface area contributed by atoms with Crippen molar-refractivity contribution in [2.24, 2.45) is 0 Å². The molecule has 186 valence electrons. The monoisotopic (exact) mass is 517 g/mol. The van der Waals surface area contributed by atoms with Crippen LogP contribution in [0.4, 0.5) is 0 Å². The van der Waals surface area contributed by atoms with Gasteiger partial charge in [0, 0.05) is 18.8 Å². The molecular formula is C24H41NNa2O6S. The van der Waals surface area contributed by atoms with Crippen LogP contribution in [0.2, 0.25) is 0 Å². The molecular weight excluding hydrogens is 476 g/mol. The molecule has 7 nitrogen and oxygen atoms in total. The predicted molar refractivity (Wildman–Crippen MR) is 127 cm³/mol. The average molecular weight is 518 g/mol. The molecule has 1 amide bonds. The van der Waals surface area contributed by atoms with E-state index in [1.807, 2.05) is 13.0 Å². The SMILES string of the molecule is C[C@H](O)CCC/C=C\CCCCCCC/C=C\CCCC(=O)N[C@@H](CC(=O)[O-])C(=O)[O-].S.[Na+].[Na+]. The molecule has 0 aromatic rings. The first-order valence-corrected chi connectivity index (χ1v) is 11.5. The molecule has 0 spiro atoms. The molecule has 0 unspecified atom stereocenters. The molecule has 0 radical (unpaired) electrons. The number of amides is 1. The minimum absolute atomic E-state index is 0. The van der Waals surface area contributed by atoms with Crippen molar-refractivity contribution in [2.45, 2.75) is 109 Å². The van der Waals surface area contributed by atoms with Gasteiger partial charge in [-0.25, -0.2) is 0 Å². The summed E-state index contributed by atoms with van der Waals surface area (Å²) in [7, 11) is 0. The van der Waals surface area contributed by atoms with Crippen molar-refractivity contribution in [3.8, 4) is 0 Å². The normalized spacial score (nSPS) is 12.3. The van der Waals surface area contributed by atoms with Crippen molar-refractivity contribution >= 4 is 31.3 Å². The van der Waals surface area contributed by atoms with E-state index in [4.69, 9.17) is 0 Å². The van der Waals surface area contributed by atoms with Crippen molar-refractivity contribution < 1.29 is 88.8 Å². The maximum atomic E-state index is 11.7. The van der Waals surface area contributed by atoms with Crippen molar-refractivity contribution in [1.82, 2.24) is 5.32 Å². The third-order valence-electron chi connectivity index (χ3n) is 4.83. The van der Waals surface area contributed by atoms with E-state index in [1.165, 1.54) is 25.7 Å². The summed E-state index contributed by atoms with van der Waals surface area (Å²) < 4.78 is 0. The average Bonchev–Trinajstić information content (AvgIpc) is 2.69. The number of aliphatic hydroxyl groups is 1. The second-order valence-corrected chi connectivity index (χ2v) is 7.98. The zero-order valence-electron chi connectivity index (χ0n) is 21.4. The summed E-state index contributed by atoms with van der Waals surface area (Å²) in [6.07, 6.45) is 20.1. The maximum Gasteiger partial charge on any atom is 1.00 e. The Morgan fingerprint density at radius 1 is 0.794 bits per heavy atom. The number of aliphatic carboxylic acids is 2. The first-order valence-electron chi connectivity index (χ1n) is 11.5. The molecule has 34 heavy (non-hydrogen) atoms. The summed E-state index contributed by atoms with van der Waals surface area (Å²) in [5.74, 6) is -3.68. The Bertz CT molecular complexity index is 574. The van der Waals surface area contributed by atoms with Gasteiger partial charge in [0.05, 0.1) is 18.1 Å². The number of carbonyl (C=O) groups is 3. The third-order valence-corrected chi connectivity index (χ3v) is 4.83. The fourth-order valence-electron chi connectivity index (χ4n) is 3.06. The van der Waals surface area contributed by atoms with Gasteiger partial charge in [-0.3, -0.25) is 4.79 Å². The number of hydrogen-bond acceptors (Lipinski definition) is 6. The number of allylic oxidation sites excluding steroid dienone is 4. The number of rotatable bonds is 20. The van der Waals surface area contributed by atoms with E-state index < -0.39 is 30.3 Å². The van der Waals surface area contributed by atoms with Crippen molar-refractivity contribution in [1.29, 1.82) is 0 Å². The van der Waals surface area contributed by atoms with E-state index in [2.05, 4.69) is 23.5 Å². The van der Waals surface area contributed by atoms with Crippen LogP contribution in [0.1, 0.15) is 96.8 Å². The van der Waals surface area contributed by atoms with E-state index in [1.54, 1.807) is 0 Å². The van der Waals surface area contributed by atoms with Gasteiger partial charge in [-0.15, -0.1) is 0 Å². The molecule has 2 N–H and O–H groups in total. The molecule has 0 rings (SSSR count). The molecule has 0 aromatic heterocycles. The smallest absolute Gasteiger partial charge is 0.550 e. The molecule has 0 saturated carbocycles. The molecule has 0 aromatic carbocycles. The van der Waals surface area contributed by atoms with E-state index in [9.17, 15) is 29.7 Å². The van der Waals surface area contributed by atoms with Gasteiger partial charge >= 0.3 is 59.1 Å². The molecule has 0 heterocycles. The summed E-state index contributed by atoms with van der Waals surface area (Å²) >= 11 is 0. The van der Waals surface area contributed by atoms with Crippen LogP contribution in [0.5, 0.6) is 0 Å². The quantitative estimate of drug-likeness (QED) is 0.0964. The van der Waals surface area contributed by atoms with Crippen LogP contribution in [0.15, 0.2) is 24.3 Å².